The van der Waals surface area contributed by atoms with Crippen molar-refractivity contribution in [2.45, 2.75) is 32.1 Å². The van der Waals surface area contributed by atoms with E-state index >= 15 is 0 Å². The maximum atomic E-state index is 13.0. The van der Waals surface area contributed by atoms with Gasteiger partial charge in [-0.25, -0.2) is 4.39 Å². The van der Waals surface area contributed by atoms with Gasteiger partial charge in [0.1, 0.15) is 11.6 Å². The van der Waals surface area contributed by atoms with E-state index in [0.717, 1.165) is 31.2 Å². The fraction of sp³-hybridized carbons (Fsp3) is 0.462. The minimum Gasteiger partial charge on any atom is -0.300 e. The minimum absolute atomic E-state index is 0.233. The zero-order chi connectivity index (χ0) is 11.5. The Hall–Kier alpha value is -0.700. The molecule has 1 nitrogen and oxygen atoms in total. The molecule has 3 heteroatoms. The summed E-state index contributed by atoms with van der Waals surface area (Å²) in [5, 5.41) is 0. The zero-order valence-electron chi connectivity index (χ0n) is 9.01. The van der Waals surface area contributed by atoms with Crippen LogP contribution in [0, 0.1) is 11.7 Å². The van der Waals surface area contributed by atoms with Gasteiger partial charge in [-0.05, 0) is 58.8 Å². The summed E-state index contributed by atoms with van der Waals surface area (Å²) >= 11 is 3.18. The topological polar surface area (TPSA) is 17.1 Å². The fourth-order valence-electron chi connectivity index (χ4n) is 2.29. The summed E-state index contributed by atoms with van der Waals surface area (Å²) in [6.45, 7) is 0. The highest BCUT2D eigenvalue weighted by atomic mass is 79.9. The number of hydrogen-bond donors (Lipinski definition) is 0. The van der Waals surface area contributed by atoms with E-state index in [1.165, 1.54) is 6.07 Å². The molecule has 1 atom stereocenters. The van der Waals surface area contributed by atoms with Crippen LogP contribution >= 0.6 is 15.9 Å². The Morgan fingerprint density at radius 2 is 2.25 bits per heavy atom. The average Bonchev–Trinajstić information content (AvgIpc) is 2.24. The second-order valence-corrected chi connectivity index (χ2v) is 5.31. The van der Waals surface area contributed by atoms with Crippen LogP contribution in [0.5, 0.6) is 0 Å². The molecule has 1 aliphatic carbocycles. The second kappa shape index (κ2) is 5.09. The van der Waals surface area contributed by atoms with E-state index in [9.17, 15) is 9.18 Å². The molecule has 1 unspecified atom stereocenters. The first-order chi connectivity index (χ1) is 7.65. The number of carbonyl (C=O) groups excluding carboxylic acids is 1. The Balaban J connectivity index is 2.03. The molecule has 0 aromatic heterocycles. The van der Waals surface area contributed by atoms with E-state index in [1.54, 1.807) is 6.07 Å². The van der Waals surface area contributed by atoms with Crippen LogP contribution in [0.1, 0.15) is 31.2 Å². The first-order valence-electron chi connectivity index (χ1n) is 5.61. The fourth-order valence-corrected chi connectivity index (χ4v) is 2.71. The van der Waals surface area contributed by atoms with E-state index < -0.39 is 0 Å². The Bertz CT molecular complexity index is 403. The number of halogens is 2. The lowest BCUT2D eigenvalue weighted by atomic mass is 9.84. The SMILES string of the molecule is O=C1CCCC(Cc2ccc(F)c(Br)c2)C1. The van der Waals surface area contributed by atoms with Crippen molar-refractivity contribution < 1.29 is 9.18 Å². The van der Waals surface area contributed by atoms with Crippen molar-refractivity contribution in [3.63, 3.8) is 0 Å². The Morgan fingerprint density at radius 1 is 1.44 bits per heavy atom. The quantitative estimate of drug-likeness (QED) is 0.805. The number of ketones is 1. The number of Topliss-reactive ketones (excluding diaryl/α,β-unsaturated/α-hetero) is 1. The largest absolute Gasteiger partial charge is 0.300 e. The van der Waals surface area contributed by atoms with Crippen molar-refractivity contribution in [2.24, 2.45) is 5.92 Å². The lowest BCUT2D eigenvalue weighted by Gasteiger charge is -2.20. The zero-order valence-corrected chi connectivity index (χ0v) is 10.6. The summed E-state index contributed by atoms with van der Waals surface area (Å²) < 4.78 is 13.5. The molecule has 1 fully saturated rings. The van der Waals surface area contributed by atoms with Gasteiger partial charge in [0.15, 0.2) is 0 Å². The molecule has 16 heavy (non-hydrogen) atoms. The molecular formula is C13H14BrFO. The number of rotatable bonds is 2. The summed E-state index contributed by atoms with van der Waals surface area (Å²) in [6.07, 6.45) is 4.43. The van der Waals surface area contributed by atoms with E-state index in [-0.39, 0.29) is 5.82 Å². The van der Waals surface area contributed by atoms with Gasteiger partial charge in [0.2, 0.25) is 0 Å². The summed E-state index contributed by atoms with van der Waals surface area (Å²) in [4.78, 5) is 11.3. The Kier molecular flexibility index (Phi) is 3.74. The van der Waals surface area contributed by atoms with Crippen LogP contribution < -0.4 is 0 Å². The molecule has 1 aromatic rings. The van der Waals surface area contributed by atoms with Gasteiger partial charge >= 0.3 is 0 Å². The van der Waals surface area contributed by atoms with E-state index in [2.05, 4.69) is 15.9 Å². The Morgan fingerprint density at radius 3 is 2.94 bits per heavy atom. The van der Waals surface area contributed by atoms with Crippen molar-refractivity contribution in [1.82, 2.24) is 0 Å². The highest BCUT2D eigenvalue weighted by Crippen LogP contribution is 2.26. The molecule has 2 rings (SSSR count). The van der Waals surface area contributed by atoms with Crippen LogP contribution in [-0.2, 0) is 11.2 Å². The first kappa shape index (κ1) is 11.8. The molecule has 1 aliphatic rings. The van der Waals surface area contributed by atoms with E-state index in [4.69, 9.17) is 0 Å². The Labute approximate surface area is 103 Å². The number of carbonyl (C=O) groups is 1. The summed E-state index contributed by atoms with van der Waals surface area (Å²) in [5.74, 6) is 0.583. The van der Waals surface area contributed by atoms with Crippen LogP contribution in [0.3, 0.4) is 0 Å². The molecule has 0 N–H and O–H groups in total. The summed E-state index contributed by atoms with van der Waals surface area (Å²) in [6, 6.07) is 5.09. The average molecular weight is 285 g/mol. The van der Waals surface area contributed by atoms with Gasteiger partial charge < -0.3 is 0 Å². The van der Waals surface area contributed by atoms with Gasteiger partial charge in [-0.15, -0.1) is 0 Å². The second-order valence-electron chi connectivity index (χ2n) is 4.45. The predicted octanol–water partition coefficient (Wildman–Crippen LogP) is 3.89. The van der Waals surface area contributed by atoms with E-state index in [0.29, 0.717) is 22.6 Å². The molecule has 0 spiro atoms. The molecule has 0 saturated heterocycles. The van der Waals surface area contributed by atoms with Gasteiger partial charge in [0, 0.05) is 12.8 Å². The lowest BCUT2D eigenvalue weighted by molar-refractivity contribution is -0.121. The van der Waals surface area contributed by atoms with Crippen LogP contribution in [0.25, 0.3) is 0 Å². The highest BCUT2D eigenvalue weighted by molar-refractivity contribution is 9.10. The van der Waals surface area contributed by atoms with Crippen molar-refractivity contribution in [1.29, 1.82) is 0 Å². The van der Waals surface area contributed by atoms with E-state index in [1.807, 2.05) is 6.07 Å². The van der Waals surface area contributed by atoms with Crippen LogP contribution in [0.15, 0.2) is 22.7 Å². The van der Waals surface area contributed by atoms with Crippen molar-refractivity contribution in [3.05, 3.63) is 34.1 Å². The number of hydrogen-bond acceptors (Lipinski definition) is 1. The maximum absolute atomic E-state index is 13.0. The lowest BCUT2D eigenvalue weighted by Crippen LogP contribution is -2.16. The van der Waals surface area contributed by atoms with Gasteiger partial charge in [0.25, 0.3) is 0 Å². The summed E-state index contributed by atoms with van der Waals surface area (Å²) in [7, 11) is 0. The van der Waals surface area contributed by atoms with Gasteiger partial charge in [-0.2, -0.15) is 0 Å². The minimum atomic E-state index is -0.233. The van der Waals surface area contributed by atoms with Gasteiger partial charge in [-0.1, -0.05) is 6.07 Å². The van der Waals surface area contributed by atoms with Crippen molar-refractivity contribution in [3.8, 4) is 0 Å². The third kappa shape index (κ3) is 2.91. The molecule has 0 bridgehead atoms. The molecule has 0 aliphatic heterocycles. The summed E-state index contributed by atoms with van der Waals surface area (Å²) in [5.41, 5.74) is 1.10. The van der Waals surface area contributed by atoms with Crippen LogP contribution in [-0.4, -0.2) is 5.78 Å². The predicted molar refractivity (Wildman–Crippen MR) is 64.8 cm³/mol. The smallest absolute Gasteiger partial charge is 0.137 e. The third-order valence-corrected chi connectivity index (χ3v) is 3.70. The van der Waals surface area contributed by atoms with Gasteiger partial charge in [0.05, 0.1) is 4.47 Å². The molecule has 1 aromatic carbocycles. The standard InChI is InChI=1S/C13H14BrFO/c14-12-8-10(4-5-13(12)15)6-9-2-1-3-11(16)7-9/h4-5,8-9H,1-3,6-7H2. The molecule has 1 saturated carbocycles. The normalized spacial score (nSPS) is 21.1. The molecule has 0 heterocycles. The molecule has 0 amide bonds. The maximum Gasteiger partial charge on any atom is 0.137 e. The van der Waals surface area contributed by atoms with Crippen LogP contribution in [0.2, 0.25) is 0 Å². The monoisotopic (exact) mass is 284 g/mol. The van der Waals surface area contributed by atoms with Crippen molar-refractivity contribution >= 4 is 21.7 Å². The third-order valence-electron chi connectivity index (χ3n) is 3.09. The molecule has 86 valence electrons. The van der Waals surface area contributed by atoms with Gasteiger partial charge in [-0.3, -0.25) is 4.79 Å². The first-order valence-corrected chi connectivity index (χ1v) is 6.40. The highest BCUT2D eigenvalue weighted by Gasteiger charge is 2.19. The number of benzene rings is 1. The van der Waals surface area contributed by atoms with Crippen LogP contribution in [0.4, 0.5) is 4.39 Å². The molecular weight excluding hydrogens is 271 g/mol. The molecule has 0 radical (unpaired) electrons. The van der Waals surface area contributed by atoms with Crippen molar-refractivity contribution in [2.75, 3.05) is 0 Å².